The van der Waals surface area contributed by atoms with Crippen LogP contribution in [-0.4, -0.2) is 22.1 Å². The lowest BCUT2D eigenvalue weighted by Gasteiger charge is -2.03. The number of rotatable bonds is 2. The highest BCUT2D eigenvalue weighted by Crippen LogP contribution is 2.14. The number of halogens is 1. The summed E-state index contributed by atoms with van der Waals surface area (Å²) >= 11 is 6.51. The SMILES string of the molecule is C#CC(C)NC(=O)c1nnc(Cl)s1. The molecule has 1 amide bonds. The fourth-order valence-electron chi connectivity index (χ4n) is 0.597. The first-order valence-electron chi connectivity index (χ1n) is 3.39. The van der Waals surface area contributed by atoms with Crippen LogP contribution in [0.15, 0.2) is 0 Å². The average Bonchev–Trinajstić information content (AvgIpc) is 2.51. The van der Waals surface area contributed by atoms with E-state index in [4.69, 9.17) is 18.0 Å². The summed E-state index contributed by atoms with van der Waals surface area (Å²) in [5.74, 6) is 2.01. The second kappa shape index (κ2) is 4.21. The average molecular weight is 216 g/mol. The van der Waals surface area contributed by atoms with Crippen molar-refractivity contribution in [3.63, 3.8) is 0 Å². The summed E-state index contributed by atoms with van der Waals surface area (Å²) in [5, 5.41) is 9.80. The highest BCUT2D eigenvalue weighted by atomic mass is 35.5. The monoisotopic (exact) mass is 215 g/mol. The Kier molecular flexibility index (Phi) is 3.23. The molecule has 0 radical (unpaired) electrons. The number of hydrogen-bond acceptors (Lipinski definition) is 4. The predicted molar refractivity (Wildman–Crippen MR) is 50.7 cm³/mol. The first-order chi connectivity index (χ1) is 6.13. The Morgan fingerprint density at radius 1 is 1.77 bits per heavy atom. The summed E-state index contributed by atoms with van der Waals surface area (Å²) < 4.78 is 0.235. The van der Waals surface area contributed by atoms with Crippen molar-refractivity contribution in [2.75, 3.05) is 0 Å². The van der Waals surface area contributed by atoms with Crippen LogP contribution in [0.2, 0.25) is 4.47 Å². The van der Waals surface area contributed by atoms with Gasteiger partial charge in [0, 0.05) is 0 Å². The topological polar surface area (TPSA) is 54.9 Å². The molecule has 1 atom stereocenters. The zero-order valence-electron chi connectivity index (χ0n) is 6.74. The fourth-order valence-corrected chi connectivity index (χ4v) is 1.33. The number of nitrogens with one attached hydrogen (secondary N) is 1. The molecule has 0 saturated heterocycles. The zero-order chi connectivity index (χ0) is 9.84. The molecule has 1 N–H and O–H groups in total. The van der Waals surface area contributed by atoms with E-state index in [0.29, 0.717) is 0 Å². The standard InChI is InChI=1S/C7H6ClN3OS/c1-3-4(2)9-5(12)6-10-11-7(8)13-6/h1,4H,2H3,(H,9,12). The fraction of sp³-hybridized carbons (Fsp3) is 0.286. The van der Waals surface area contributed by atoms with Crippen molar-refractivity contribution in [3.05, 3.63) is 9.47 Å². The molecule has 0 aliphatic heterocycles. The quantitative estimate of drug-likeness (QED) is 0.748. The van der Waals surface area contributed by atoms with Crippen molar-refractivity contribution in [1.29, 1.82) is 0 Å². The van der Waals surface area contributed by atoms with Crippen LogP contribution in [0.25, 0.3) is 0 Å². The van der Waals surface area contributed by atoms with Gasteiger partial charge < -0.3 is 5.32 Å². The lowest BCUT2D eigenvalue weighted by Crippen LogP contribution is -2.31. The summed E-state index contributed by atoms with van der Waals surface area (Å²) in [6.45, 7) is 1.69. The van der Waals surface area contributed by atoms with Gasteiger partial charge >= 0.3 is 0 Å². The molecule has 13 heavy (non-hydrogen) atoms. The van der Waals surface area contributed by atoms with E-state index in [1.807, 2.05) is 0 Å². The minimum Gasteiger partial charge on any atom is -0.337 e. The van der Waals surface area contributed by atoms with Gasteiger partial charge in [-0.2, -0.15) is 0 Å². The Bertz CT molecular complexity index is 357. The lowest BCUT2D eigenvalue weighted by molar-refractivity contribution is 0.0947. The van der Waals surface area contributed by atoms with Crippen LogP contribution in [-0.2, 0) is 0 Å². The molecule has 6 heteroatoms. The molecule has 0 aliphatic carbocycles. The minimum atomic E-state index is -0.352. The van der Waals surface area contributed by atoms with Gasteiger partial charge in [-0.05, 0) is 18.5 Å². The molecular weight excluding hydrogens is 210 g/mol. The largest absolute Gasteiger partial charge is 0.337 e. The highest BCUT2D eigenvalue weighted by Gasteiger charge is 2.12. The molecule has 4 nitrogen and oxygen atoms in total. The van der Waals surface area contributed by atoms with Gasteiger partial charge in [0.05, 0.1) is 6.04 Å². The third kappa shape index (κ3) is 2.68. The molecule has 1 aromatic heterocycles. The molecule has 0 saturated carbocycles. The second-order valence-electron chi connectivity index (χ2n) is 2.22. The van der Waals surface area contributed by atoms with E-state index in [1.54, 1.807) is 6.92 Å². The number of nitrogens with zero attached hydrogens (tertiary/aromatic N) is 2. The normalized spacial score (nSPS) is 11.8. The van der Waals surface area contributed by atoms with Crippen molar-refractivity contribution < 1.29 is 4.79 Å². The lowest BCUT2D eigenvalue weighted by atomic mass is 10.3. The molecule has 1 heterocycles. The molecule has 0 aliphatic rings. The van der Waals surface area contributed by atoms with E-state index in [1.165, 1.54) is 0 Å². The van der Waals surface area contributed by atoms with Crippen LogP contribution in [0.3, 0.4) is 0 Å². The third-order valence-electron chi connectivity index (χ3n) is 1.19. The van der Waals surface area contributed by atoms with Crippen LogP contribution in [0.4, 0.5) is 0 Å². The van der Waals surface area contributed by atoms with E-state index < -0.39 is 0 Å². The summed E-state index contributed by atoms with van der Waals surface area (Å²) in [5.41, 5.74) is 0. The number of aromatic nitrogens is 2. The molecule has 0 aromatic carbocycles. The Hall–Kier alpha value is -1.12. The summed E-state index contributed by atoms with van der Waals surface area (Å²) in [6, 6.07) is -0.324. The molecule has 1 rings (SSSR count). The van der Waals surface area contributed by atoms with Crippen LogP contribution >= 0.6 is 22.9 Å². The van der Waals surface area contributed by atoms with Gasteiger partial charge in [-0.3, -0.25) is 4.79 Å². The van der Waals surface area contributed by atoms with E-state index in [2.05, 4.69) is 21.4 Å². The van der Waals surface area contributed by atoms with E-state index in [9.17, 15) is 4.79 Å². The molecule has 68 valence electrons. The number of amides is 1. The van der Waals surface area contributed by atoms with Crippen molar-refractivity contribution in [1.82, 2.24) is 15.5 Å². The molecule has 1 unspecified atom stereocenters. The zero-order valence-corrected chi connectivity index (χ0v) is 8.32. The molecule has 0 fully saturated rings. The molecular formula is C7H6ClN3OS. The Morgan fingerprint density at radius 3 is 2.92 bits per heavy atom. The number of hydrogen-bond donors (Lipinski definition) is 1. The van der Waals surface area contributed by atoms with Crippen LogP contribution in [0, 0.1) is 12.3 Å². The minimum absolute atomic E-state index is 0.215. The first-order valence-corrected chi connectivity index (χ1v) is 4.59. The van der Waals surface area contributed by atoms with E-state index >= 15 is 0 Å². The Balaban J connectivity index is 2.65. The Morgan fingerprint density at radius 2 is 2.46 bits per heavy atom. The Labute approximate surface area is 84.3 Å². The number of carbonyl (C=O) groups is 1. The van der Waals surface area contributed by atoms with Gasteiger partial charge in [-0.1, -0.05) is 17.3 Å². The van der Waals surface area contributed by atoms with E-state index in [-0.39, 0.29) is 21.4 Å². The smallest absolute Gasteiger partial charge is 0.283 e. The summed E-state index contributed by atoms with van der Waals surface area (Å²) in [6.07, 6.45) is 5.08. The van der Waals surface area contributed by atoms with Gasteiger partial charge in [0.2, 0.25) is 9.47 Å². The maximum atomic E-state index is 11.3. The van der Waals surface area contributed by atoms with Crippen LogP contribution < -0.4 is 5.32 Å². The van der Waals surface area contributed by atoms with E-state index in [0.717, 1.165) is 11.3 Å². The predicted octanol–water partition coefficient (Wildman–Crippen LogP) is 0.943. The van der Waals surface area contributed by atoms with Gasteiger partial charge in [-0.25, -0.2) is 0 Å². The summed E-state index contributed by atoms with van der Waals surface area (Å²) in [7, 11) is 0. The first kappa shape index (κ1) is 9.96. The van der Waals surface area contributed by atoms with Crippen molar-refractivity contribution in [3.8, 4) is 12.3 Å². The summed E-state index contributed by atoms with van der Waals surface area (Å²) in [4.78, 5) is 11.3. The van der Waals surface area contributed by atoms with Crippen LogP contribution in [0.5, 0.6) is 0 Å². The van der Waals surface area contributed by atoms with Gasteiger partial charge in [0.25, 0.3) is 5.91 Å². The van der Waals surface area contributed by atoms with Crippen molar-refractivity contribution in [2.24, 2.45) is 0 Å². The van der Waals surface area contributed by atoms with Gasteiger partial charge in [-0.15, -0.1) is 16.6 Å². The van der Waals surface area contributed by atoms with Crippen molar-refractivity contribution in [2.45, 2.75) is 13.0 Å². The number of terminal acetylenes is 1. The number of carbonyl (C=O) groups excluding carboxylic acids is 1. The molecule has 0 spiro atoms. The third-order valence-corrected chi connectivity index (χ3v) is 2.21. The highest BCUT2D eigenvalue weighted by molar-refractivity contribution is 7.17. The molecule has 1 aromatic rings. The van der Waals surface area contributed by atoms with Gasteiger partial charge in [0.15, 0.2) is 0 Å². The van der Waals surface area contributed by atoms with Crippen LogP contribution in [0.1, 0.15) is 16.7 Å². The van der Waals surface area contributed by atoms with Gasteiger partial charge in [0.1, 0.15) is 0 Å². The van der Waals surface area contributed by atoms with Crippen molar-refractivity contribution >= 4 is 28.8 Å². The maximum absolute atomic E-state index is 11.3. The maximum Gasteiger partial charge on any atom is 0.283 e. The molecule has 0 bridgehead atoms. The second-order valence-corrected chi connectivity index (χ2v) is 3.78.